The van der Waals surface area contributed by atoms with Crippen molar-refractivity contribution in [3.05, 3.63) is 58.6 Å². The molecule has 0 saturated carbocycles. The Balaban J connectivity index is 2.57. The van der Waals surface area contributed by atoms with Crippen molar-refractivity contribution in [3.8, 4) is 11.8 Å². The van der Waals surface area contributed by atoms with Crippen LogP contribution in [0.15, 0.2) is 42.5 Å². The first-order chi connectivity index (χ1) is 17.7. The molecular weight excluding hydrogens is 514 g/mol. The summed E-state index contributed by atoms with van der Waals surface area (Å²) in [5, 5.41) is 25.3. The molecule has 202 valence electrons. The lowest BCUT2D eigenvalue weighted by atomic mass is 10.0. The number of hydrogen-bond donors (Lipinski definition) is 4. The number of benzene rings is 2. The SMILES string of the molecule is Cc1cccc(Cl)c1NC(=O)C(c1ccccc1O)N(CC#N)C(=O)C(CC(N)=O)NC(=O)OC(C)(C)C. The van der Waals surface area contributed by atoms with E-state index >= 15 is 0 Å². The second-order valence-electron chi connectivity index (χ2n) is 9.38. The fourth-order valence-electron chi connectivity index (χ4n) is 3.58. The summed E-state index contributed by atoms with van der Waals surface area (Å²) < 4.78 is 5.18. The van der Waals surface area contributed by atoms with E-state index in [4.69, 9.17) is 22.1 Å². The predicted octanol–water partition coefficient (Wildman–Crippen LogP) is 3.15. The van der Waals surface area contributed by atoms with Crippen molar-refractivity contribution < 1.29 is 29.0 Å². The van der Waals surface area contributed by atoms with Crippen molar-refractivity contribution in [2.75, 3.05) is 11.9 Å². The number of nitrogens with two attached hydrogens (primary N) is 1. The Morgan fingerprint density at radius 3 is 2.37 bits per heavy atom. The molecule has 12 heteroatoms. The second-order valence-corrected chi connectivity index (χ2v) is 9.78. The summed E-state index contributed by atoms with van der Waals surface area (Å²) in [6.45, 7) is 5.89. The molecule has 4 amide bonds. The largest absolute Gasteiger partial charge is 0.508 e. The number of phenolic OH excluding ortho intramolecular Hbond substituents is 1. The Morgan fingerprint density at radius 1 is 1.16 bits per heavy atom. The number of hydrogen-bond acceptors (Lipinski definition) is 7. The molecule has 2 atom stereocenters. The van der Waals surface area contributed by atoms with Crippen molar-refractivity contribution in [1.82, 2.24) is 10.2 Å². The number of nitrogens with zero attached hydrogens (tertiary/aromatic N) is 2. The van der Waals surface area contributed by atoms with Crippen LogP contribution in [0.1, 0.15) is 44.4 Å². The highest BCUT2D eigenvalue weighted by molar-refractivity contribution is 6.34. The van der Waals surface area contributed by atoms with Crippen LogP contribution in [0.5, 0.6) is 5.75 Å². The van der Waals surface area contributed by atoms with Crippen LogP contribution in [0.25, 0.3) is 0 Å². The molecule has 0 bridgehead atoms. The third-order valence-corrected chi connectivity index (χ3v) is 5.49. The van der Waals surface area contributed by atoms with Gasteiger partial charge in [-0.05, 0) is 45.4 Å². The van der Waals surface area contributed by atoms with E-state index in [1.54, 1.807) is 45.9 Å². The standard InChI is InChI=1S/C26H30ClN5O6/c1-15-8-7-10-17(27)21(15)31-23(35)22(16-9-5-6-11-19(16)33)32(13-12-28)24(36)18(14-20(29)34)30-25(37)38-26(2,3)4/h5-11,18,22,33H,13-14H2,1-4H3,(H2,29,34)(H,30,37)(H,31,35). The van der Waals surface area contributed by atoms with Gasteiger partial charge in [-0.2, -0.15) is 5.26 Å². The highest BCUT2D eigenvalue weighted by Gasteiger charge is 2.38. The number of nitriles is 1. The fraction of sp³-hybridized carbons (Fsp3) is 0.346. The van der Waals surface area contributed by atoms with Gasteiger partial charge in [0.2, 0.25) is 11.8 Å². The zero-order valence-corrected chi connectivity index (χ0v) is 22.2. The second kappa shape index (κ2) is 12.8. The highest BCUT2D eigenvalue weighted by Crippen LogP contribution is 2.32. The topological polar surface area (TPSA) is 175 Å². The minimum atomic E-state index is -1.57. The number of halogens is 1. The number of primary amides is 1. The number of carbonyl (C=O) groups is 4. The van der Waals surface area contributed by atoms with Gasteiger partial charge in [0.05, 0.1) is 23.2 Å². The Morgan fingerprint density at radius 2 is 1.82 bits per heavy atom. The molecule has 0 aliphatic heterocycles. The number of para-hydroxylation sites is 2. The smallest absolute Gasteiger partial charge is 0.408 e. The predicted molar refractivity (Wildman–Crippen MR) is 140 cm³/mol. The van der Waals surface area contributed by atoms with Gasteiger partial charge in [-0.15, -0.1) is 0 Å². The zero-order valence-electron chi connectivity index (χ0n) is 21.4. The van der Waals surface area contributed by atoms with Crippen LogP contribution >= 0.6 is 11.6 Å². The molecule has 0 aliphatic carbocycles. The summed E-state index contributed by atoms with van der Waals surface area (Å²) in [7, 11) is 0. The number of rotatable bonds is 9. The first-order valence-corrected chi connectivity index (χ1v) is 11.9. The van der Waals surface area contributed by atoms with Crippen molar-refractivity contribution in [2.45, 2.75) is 51.8 Å². The van der Waals surface area contributed by atoms with Crippen molar-refractivity contribution in [3.63, 3.8) is 0 Å². The number of aryl methyl sites for hydroxylation is 1. The summed E-state index contributed by atoms with van der Waals surface area (Å²) >= 11 is 6.27. The summed E-state index contributed by atoms with van der Waals surface area (Å²) in [5.74, 6) is -3.03. The zero-order chi connectivity index (χ0) is 28.6. The quantitative estimate of drug-likeness (QED) is 0.351. The Kier molecular flexibility index (Phi) is 10.1. The van der Waals surface area contributed by atoms with Crippen LogP contribution in [-0.4, -0.2) is 52.0 Å². The van der Waals surface area contributed by atoms with Gasteiger partial charge in [0.15, 0.2) is 0 Å². The van der Waals surface area contributed by atoms with Crippen LogP contribution in [0.4, 0.5) is 10.5 Å². The van der Waals surface area contributed by atoms with Gasteiger partial charge < -0.3 is 31.1 Å². The molecule has 0 aromatic heterocycles. The van der Waals surface area contributed by atoms with Gasteiger partial charge in [0.1, 0.15) is 30.0 Å². The van der Waals surface area contributed by atoms with Gasteiger partial charge in [-0.1, -0.05) is 41.9 Å². The maximum Gasteiger partial charge on any atom is 0.408 e. The Bertz CT molecular complexity index is 1230. The lowest BCUT2D eigenvalue weighted by molar-refractivity contribution is -0.141. The molecule has 2 aromatic rings. The molecule has 5 N–H and O–H groups in total. The summed E-state index contributed by atoms with van der Waals surface area (Å²) in [6, 6.07) is 9.41. The molecule has 0 fully saturated rings. The van der Waals surface area contributed by atoms with E-state index in [1.165, 1.54) is 24.3 Å². The average molecular weight is 544 g/mol. The molecule has 2 rings (SSSR count). The fourth-order valence-corrected chi connectivity index (χ4v) is 3.84. The first-order valence-electron chi connectivity index (χ1n) is 11.5. The number of nitrogens with one attached hydrogen (secondary N) is 2. The Labute approximate surface area is 225 Å². The average Bonchev–Trinajstić information content (AvgIpc) is 2.80. The highest BCUT2D eigenvalue weighted by atomic mass is 35.5. The van der Waals surface area contributed by atoms with Crippen LogP contribution in [0.2, 0.25) is 5.02 Å². The van der Waals surface area contributed by atoms with Gasteiger partial charge in [0.25, 0.3) is 5.91 Å². The summed E-state index contributed by atoms with van der Waals surface area (Å²) in [4.78, 5) is 52.4. The molecule has 0 aliphatic rings. The maximum absolute atomic E-state index is 13.7. The lowest BCUT2D eigenvalue weighted by Gasteiger charge is -2.33. The van der Waals surface area contributed by atoms with Crippen LogP contribution < -0.4 is 16.4 Å². The normalized spacial score (nSPS) is 12.4. The van der Waals surface area contributed by atoms with Gasteiger partial charge in [0, 0.05) is 5.56 Å². The van der Waals surface area contributed by atoms with Crippen molar-refractivity contribution in [2.24, 2.45) is 5.73 Å². The molecule has 0 radical (unpaired) electrons. The van der Waals surface area contributed by atoms with E-state index in [0.29, 0.717) is 5.56 Å². The minimum Gasteiger partial charge on any atom is -0.508 e. The molecule has 0 saturated heterocycles. The van der Waals surface area contributed by atoms with Crippen LogP contribution in [-0.2, 0) is 19.1 Å². The molecule has 2 aromatic carbocycles. The third kappa shape index (κ3) is 8.11. The number of anilines is 1. The van der Waals surface area contributed by atoms with E-state index < -0.39 is 54.5 Å². The number of carbonyl (C=O) groups excluding carboxylic acids is 4. The Hall–Kier alpha value is -4.30. The number of alkyl carbamates (subject to hydrolysis) is 1. The number of phenols is 1. The third-order valence-electron chi connectivity index (χ3n) is 5.18. The van der Waals surface area contributed by atoms with E-state index in [1.807, 2.05) is 6.07 Å². The van der Waals surface area contributed by atoms with E-state index in [9.17, 15) is 29.5 Å². The molecule has 11 nitrogen and oxygen atoms in total. The van der Waals surface area contributed by atoms with Crippen LogP contribution in [0, 0.1) is 18.3 Å². The molecule has 38 heavy (non-hydrogen) atoms. The van der Waals surface area contributed by atoms with E-state index in [-0.39, 0.29) is 22.0 Å². The van der Waals surface area contributed by atoms with Crippen molar-refractivity contribution >= 4 is 41.1 Å². The van der Waals surface area contributed by atoms with E-state index in [2.05, 4.69) is 10.6 Å². The minimum absolute atomic E-state index is 0.00611. The maximum atomic E-state index is 13.7. The first kappa shape index (κ1) is 29.9. The molecule has 2 unspecified atom stereocenters. The number of amides is 4. The summed E-state index contributed by atoms with van der Waals surface area (Å²) in [6.07, 6.45) is -1.65. The van der Waals surface area contributed by atoms with Crippen molar-refractivity contribution in [1.29, 1.82) is 5.26 Å². The summed E-state index contributed by atoms with van der Waals surface area (Å²) in [5.41, 5.74) is 5.28. The monoisotopic (exact) mass is 543 g/mol. The molecule has 0 heterocycles. The van der Waals surface area contributed by atoms with Gasteiger partial charge in [-0.3, -0.25) is 14.4 Å². The van der Waals surface area contributed by atoms with Gasteiger partial charge in [-0.25, -0.2) is 4.79 Å². The number of ether oxygens (including phenoxy) is 1. The molecular formula is C26H30ClN5O6. The molecule has 0 spiro atoms. The number of aromatic hydroxyl groups is 1. The van der Waals surface area contributed by atoms with Gasteiger partial charge >= 0.3 is 6.09 Å². The van der Waals surface area contributed by atoms with Crippen LogP contribution in [0.3, 0.4) is 0 Å². The van der Waals surface area contributed by atoms with E-state index in [0.717, 1.165) is 4.90 Å². The lowest BCUT2D eigenvalue weighted by Crippen LogP contribution is -2.53.